The van der Waals surface area contributed by atoms with Crippen LogP contribution in [0.25, 0.3) is 0 Å². The number of anilines is 1. The summed E-state index contributed by atoms with van der Waals surface area (Å²) in [5, 5.41) is 0. The van der Waals surface area contributed by atoms with Crippen molar-refractivity contribution in [3.63, 3.8) is 0 Å². The van der Waals surface area contributed by atoms with Gasteiger partial charge in [0.25, 0.3) is 0 Å². The molecule has 0 aromatic heterocycles. The van der Waals surface area contributed by atoms with Crippen LogP contribution in [0.2, 0.25) is 0 Å². The Morgan fingerprint density at radius 3 is 2.58 bits per heavy atom. The van der Waals surface area contributed by atoms with Gasteiger partial charge < -0.3 is 15.5 Å². The molecule has 1 saturated heterocycles. The Kier molecular flexibility index (Phi) is 4.48. The van der Waals surface area contributed by atoms with Gasteiger partial charge in [0, 0.05) is 30.4 Å². The number of likely N-dealkylation sites (N-methyl/N-ethyl adjacent to an activating group) is 1. The molecule has 0 spiro atoms. The lowest BCUT2D eigenvalue weighted by molar-refractivity contribution is 0.324. The minimum Gasteiger partial charge on any atom is -0.362 e. The topological polar surface area (TPSA) is 32.5 Å². The Hall–Kier alpha value is -1.06. The third-order valence-electron chi connectivity index (χ3n) is 4.18. The van der Waals surface area contributed by atoms with Crippen LogP contribution in [0.4, 0.5) is 5.69 Å². The highest BCUT2D eigenvalue weighted by Crippen LogP contribution is 2.32. The first-order valence-electron chi connectivity index (χ1n) is 7.27. The maximum Gasteiger partial charge on any atom is 0.0434 e. The first-order chi connectivity index (χ1) is 9.04. The molecule has 1 atom stereocenters. The van der Waals surface area contributed by atoms with E-state index < -0.39 is 0 Å². The fourth-order valence-electron chi connectivity index (χ4n) is 3.17. The molecule has 106 valence electrons. The number of hydrogen-bond acceptors (Lipinski definition) is 3. The molecule has 1 aliphatic heterocycles. The van der Waals surface area contributed by atoms with E-state index in [1.165, 1.54) is 12.1 Å². The molecule has 0 radical (unpaired) electrons. The fraction of sp³-hybridized carbons (Fsp3) is 0.625. The molecule has 0 aliphatic carbocycles. The average Bonchev–Trinajstić information content (AvgIpc) is 2.48. The summed E-state index contributed by atoms with van der Waals surface area (Å²) in [4.78, 5) is 5.02. The summed E-state index contributed by atoms with van der Waals surface area (Å²) in [6.45, 7) is 7.69. The lowest BCUT2D eigenvalue weighted by Crippen LogP contribution is -2.51. The lowest BCUT2D eigenvalue weighted by atomic mass is 9.95. The van der Waals surface area contributed by atoms with E-state index >= 15 is 0 Å². The summed E-state index contributed by atoms with van der Waals surface area (Å²) in [6, 6.07) is 11.3. The van der Waals surface area contributed by atoms with E-state index in [0.29, 0.717) is 6.04 Å². The van der Waals surface area contributed by atoms with Crippen LogP contribution in [-0.2, 0) is 0 Å². The number of nitrogens with two attached hydrogens (primary N) is 1. The summed E-state index contributed by atoms with van der Waals surface area (Å²) in [7, 11) is 2.22. The van der Waals surface area contributed by atoms with Gasteiger partial charge in [-0.2, -0.15) is 0 Å². The second-order valence-electron chi connectivity index (χ2n) is 6.26. The van der Waals surface area contributed by atoms with E-state index in [2.05, 4.69) is 61.0 Å². The quantitative estimate of drug-likeness (QED) is 0.906. The number of benzene rings is 1. The smallest absolute Gasteiger partial charge is 0.0434 e. The van der Waals surface area contributed by atoms with Gasteiger partial charge in [0.1, 0.15) is 0 Å². The molecule has 2 N–H and O–H groups in total. The van der Waals surface area contributed by atoms with Crippen LogP contribution in [0.5, 0.6) is 0 Å². The van der Waals surface area contributed by atoms with Gasteiger partial charge in [-0.05, 0) is 52.4 Å². The number of hydrogen-bond donors (Lipinski definition) is 1. The molecule has 1 aliphatic rings. The largest absolute Gasteiger partial charge is 0.362 e. The van der Waals surface area contributed by atoms with Crippen molar-refractivity contribution >= 4 is 5.69 Å². The number of nitrogens with zero attached hydrogens (tertiary/aromatic N) is 2. The molecule has 1 heterocycles. The van der Waals surface area contributed by atoms with Crippen LogP contribution in [-0.4, -0.2) is 43.2 Å². The SMILES string of the molecule is CN1CCC(C)(C)N(c2ccccc2)C(CCN)C1. The van der Waals surface area contributed by atoms with Gasteiger partial charge in [0.05, 0.1) is 0 Å². The Balaban J connectivity index is 2.36. The number of rotatable bonds is 3. The Bertz CT molecular complexity index is 388. The standard InChI is InChI=1S/C16H27N3/c1-16(2)10-12-18(3)13-15(9-11-17)19(16)14-7-5-4-6-8-14/h4-8,15H,9-13,17H2,1-3H3. The van der Waals surface area contributed by atoms with Gasteiger partial charge in [-0.25, -0.2) is 0 Å². The average molecular weight is 261 g/mol. The third kappa shape index (κ3) is 3.28. The summed E-state index contributed by atoms with van der Waals surface area (Å²) >= 11 is 0. The predicted octanol–water partition coefficient (Wildman–Crippen LogP) is 2.32. The van der Waals surface area contributed by atoms with Crippen molar-refractivity contribution in [2.45, 2.75) is 38.3 Å². The molecule has 3 heteroatoms. The zero-order chi connectivity index (χ0) is 13.9. The maximum absolute atomic E-state index is 5.84. The Labute approximate surface area is 117 Å². The molecule has 2 rings (SSSR count). The zero-order valence-electron chi connectivity index (χ0n) is 12.5. The molecule has 19 heavy (non-hydrogen) atoms. The molecule has 0 bridgehead atoms. The van der Waals surface area contributed by atoms with Crippen molar-refractivity contribution < 1.29 is 0 Å². The minimum atomic E-state index is 0.173. The summed E-state index contributed by atoms with van der Waals surface area (Å²) in [5.41, 5.74) is 7.33. The highest BCUT2D eigenvalue weighted by molar-refractivity contribution is 5.50. The highest BCUT2D eigenvalue weighted by atomic mass is 15.3. The fourth-order valence-corrected chi connectivity index (χ4v) is 3.17. The Morgan fingerprint density at radius 1 is 1.26 bits per heavy atom. The van der Waals surface area contributed by atoms with Crippen LogP contribution in [0, 0.1) is 0 Å². The van der Waals surface area contributed by atoms with Crippen molar-refractivity contribution in [1.82, 2.24) is 4.90 Å². The zero-order valence-corrected chi connectivity index (χ0v) is 12.5. The molecule has 1 unspecified atom stereocenters. The van der Waals surface area contributed by atoms with Crippen molar-refractivity contribution in [2.24, 2.45) is 5.73 Å². The molecule has 0 amide bonds. The summed E-state index contributed by atoms with van der Waals surface area (Å²) in [6.07, 6.45) is 2.22. The summed E-state index contributed by atoms with van der Waals surface area (Å²) in [5.74, 6) is 0. The second kappa shape index (κ2) is 5.93. The van der Waals surface area contributed by atoms with E-state index in [1.54, 1.807) is 0 Å². The van der Waals surface area contributed by atoms with E-state index in [4.69, 9.17) is 5.73 Å². The second-order valence-corrected chi connectivity index (χ2v) is 6.26. The normalized spacial score (nSPS) is 24.2. The van der Waals surface area contributed by atoms with Crippen LogP contribution < -0.4 is 10.6 Å². The molecule has 1 fully saturated rings. The van der Waals surface area contributed by atoms with Gasteiger partial charge in [-0.15, -0.1) is 0 Å². The minimum absolute atomic E-state index is 0.173. The van der Waals surface area contributed by atoms with E-state index in [1.807, 2.05) is 0 Å². The summed E-state index contributed by atoms with van der Waals surface area (Å²) < 4.78 is 0. The third-order valence-corrected chi connectivity index (χ3v) is 4.18. The maximum atomic E-state index is 5.84. The first-order valence-corrected chi connectivity index (χ1v) is 7.27. The van der Waals surface area contributed by atoms with Gasteiger partial charge in [-0.3, -0.25) is 0 Å². The predicted molar refractivity (Wildman–Crippen MR) is 82.6 cm³/mol. The Morgan fingerprint density at radius 2 is 1.95 bits per heavy atom. The van der Waals surface area contributed by atoms with Gasteiger partial charge in [-0.1, -0.05) is 18.2 Å². The van der Waals surface area contributed by atoms with E-state index in [-0.39, 0.29) is 5.54 Å². The van der Waals surface area contributed by atoms with Crippen molar-refractivity contribution in [1.29, 1.82) is 0 Å². The van der Waals surface area contributed by atoms with Crippen LogP contribution in [0.3, 0.4) is 0 Å². The van der Waals surface area contributed by atoms with Crippen LogP contribution in [0.1, 0.15) is 26.7 Å². The van der Waals surface area contributed by atoms with Crippen LogP contribution in [0.15, 0.2) is 30.3 Å². The van der Waals surface area contributed by atoms with Crippen molar-refractivity contribution in [3.8, 4) is 0 Å². The number of para-hydroxylation sites is 1. The molecular weight excluding hydrogens is 234 g/mol. The molecule has 3 nitrogen and oxygen atoms in total. The molecule has 1 aromatic rings. The lowest BCUT2D eigenvalue weighted by Gasteiger charge is -2.44. The van der Waals surface area contributed by atoms with Gasteiger partial charge in [0.2, 0.25) is 0 Å². The van der Waals surface area contributed by atoms with Gasteiger partial charge >= 0.3 is 0 Å². The van der Waals surface area contributed by atoms with Crippen molar-refractivity contribution in [2.75, 3.05) is 31.6 Å². The van der Waals surface area contributed by atoms with Crippen LogP contribution >= 0.6 is 0 Å². The monoisotopic (exact) mass is 261 g/mol. The van der Waals surface area contributed by atoms with Crippen molar-refractivity contribution in [3.05, 3.63) is 30.3 Å². The van der Waals surface area contributed by atoms with E-state index in [9.17, 15) is 0 Å². The highest BCUT2D eigenvalue weighted by Gasteiger charge is 2.35. The van der Waals surface area contributed by atoms with E-state index in [0.717, 1.165) is 26.1 Å². The molecular formula is C16H27N3. The first kappa shape index (κ1) is 14.4. The van der Waals surface area contributed by atoms with Gasteiger partial charge in [0.15, 0.2) is 0 Å². The molecule has 1 aromatic carbocycles. The molecule has 0 saturated carbocycles.